The number of rotatable bonds is 29. The molecule has 0 unspecified atom stereocenters. The van der Waals surface area contributed by atoms with Crippen LogP contribution < -0.4 is 43.4 Å². The average Bonchev–Trinajstić information content (AvgIpc) is 3.12. The molecule has 0 aliphatic carbocycles. The first-order chi connectivity index (χ1) is 26.6. The lowest BCUT2D eigenvalue weighted by molar-refractivity contribution is -0.147. The molecule has 324 valence electrons. The van der Waals surface area contributed by atoms with Crippen molar-refractivity contribution in [3.63, 3.8) is 0 Å². The minimum atomic E-state index is -1.88. The van der Waals surface area contributed by atoms with E-state index < -0.39 is 133 Å². The first-order valence-corrected chi connectivity index (χ1v) is 18.3. The number of aliphatic hydroxyl groups excluding tert-OH is 1. The molecule has 0 heterocycles. The molecule has 15 N–H and O–H groups in total. The van der Waals surface area contributed by atoms with Gasteiger partial charge < -0.3 is 68.9 Å². The summed E-state index contributed by atoms with van der Waals surface area (Å²) in [5.74, 6) is -13.0. The van der Waals surface area contributed by atoms with Crippen LogP contribution >= 0.6 is 0 Å². The Labute approximate surface area is 328 Å². The second-order valence-corrected chi connectivity index (χ2v) is 13.8. The van der Waals surface area contributed by atoms with Crippen molar-refractivity contribution >= 4 is 59.3 Å². The number of nitrogens with one attached hydrogen (secondary N) is 6. The summed E-state index contributed by atoms with van der Waals surface area (Å²) in [4.78, 5) is 125. The van der Waals surface area contributed by atoms with Crippen LogP contribution in [-0.2, 0) is 47.9 Å². The van der Waals surface area contributed by atoms with Crippen molar-refractivity contribution in [2.24, 2.45) is 23.3 Å². The second-order valence-electron chi connectivity index (χ2n) is 13.8. The molecule has 0 rings (SSSR count). The molecule has 0 radical (unpaired) electrons. The molecule has 0 aromatic heterocycles. The van der Waals surface area contributed by atoms with E-state index in [-0.39, 0.29) is 38.1 Å². The number of carbonyl (C=O) groups is 10. The van der Waals surface area contributed by atoms with Crippen molar-refractivity contribution in [3.05, 3.63) is 0 Å². The molecule has 0 bridgehead atoms. The summed E-state index contributed by atoms with van der Waals surface area (Å²) in [6, 6.07) is -11.0. The number of aliphatic carboxylic acids is 4. The lowest BCUT2D eigenvalue weighted by Gasteiger charge is -2.28. The van der Waals surface area contributed by atoms with Crippen molar-refractivity contribution in [2.75, 3.05) is 13.2 Å². The normalized spacial score (nSPS) is 15.2. The van der Waals surface area contributed by atoms with Gasteiger partial charge in [0.2, 0.25) is 35.4 Å². The number of amides is 6. The van der Waals surface area contributed by atoms with Gasteiger partial charge in [0.15, 0.2) is 0 Å². The van der Waals surface area contributed by atoms with Crippen LogP contribution in [0, 0.1) is 11.8 Å². The summed E-state index contributed by atoms with van der Waals surface area (Å²) in [5.41, 5.74) is 11.3. The molecule has 0 fully saturated rings. The van der Waals surface area contributed by atoms with Gasteiger partial charge in [0.25, 0.3) is 0 Å². The Bertz CT molecular complexity index is 1430. The smallest absolute Gasteiger partial charge is 0.326 e. The number of carboxylic acids is 4. The minimum Gasteiger partial charge on any atom is -0.481 e. The van der Waals surface area contributed by atoms with Crippen molar-refractivity contribution in [3.8, 4) is 0 Å². The summed E-state index contributed by atoms with van der Waals surface area (Å²) in [6.07, 6.45) is -1.96. The van der Waals surface area contributed by atoms with Crippen LogP contribution in [0.2, 0.25) is 0 Å². The molecule has 0 aliphatic rings. The first-order valence-electron chi connectivity index (χ1n) is 18.3. The van der Waals surface area contributed by atoms with Crippen LogP contribution in [0.1, 0.15) is 85.5 Å². The van der Waals surface area contributed by atoms with E-state index in [4.69, 9.17) is 21.7 Å². The molecular weight excluding hydrogens is 760 g/mol. The topological polar surface area (TPSA) is 396 Å². The van der Waals surface area contributed by atoms with E-state index in [1.165, 1.54) is 0 Å². The molecule has 23 heteroatoms. The van der Waals surface area contributed by atoms with E-state index in [9.17, 15) is 63.3 Å². The van der Waals surface area contributed by atoms with Crippen LogP contribution in [0.3, 0.4) is 0 Å². The van der Waals surface area contributed by atoms with Gasteiger partial charge in [-0.25, -0.2) is 4.79 Å². The Hall–Kier alpha value is -5.42. The molecule has 57 heavy (non-hydrogen) atoms. The van der Waals surface area contributed by atoms with Gasteiger partial charge in [-0.2, -0.15) is 0 Å². The van der Waals surface area contributed by atoms with Gasteiger partial charge in [0.05, 0.1) is 25.5 Å². The fourth-order valence-electron chi connectivity index (χ4n) is 5.14. The van der Waals surface area contributed by atoms with Crippen molar-refractivity contribution in [2.45, 2.75) is 128 Å². The van der Waals surface area contributed by atoms with Gasteiger partial charge in [0.1, 0.15) is 36.3 Å². The standard InChI is InChI=1S/C34H58N8O15/c1-5-17(4)27(42-28(50)18(36)9-10-24(44)45)33(55)41-23(15-43)32(54)38-20(12-16(2)3)30(52)39-21(13-25(46)47)31(53)37-19(8-6-7-11-35)29(51)40-22(34(56)57)14-26(48)49/h16-23,27,43H,5-15,35-36H2,1-4H3,(H,37,53)(H,38,54)(H,39,52)(H,40,51)(H,41,55)(H,42,50)(H,44,45)(H,46,47)(H,48,49)(H,56,57)/t17-,18-,19-,20-,21-,22-,23-,27-/m0/s1. The SMILES string of the molecule is CC[C@H](C)[C@H](NC(=O)[C@@H](N)CCC(=O)O)C(=O)N[C@@H](CO)C(=O)N[C@@H](CC(C)C)C(=O)N[C@@H](CC(=O)O)C(=O)N[C@@H](CCCCN)C(=O)N[C@@H](CC(=O)O)C(=O)O. The number of carbonyl (C=O) groups excluding carboxylic acids is 6. The molecule has 23 nitrogen and oxygen atoms in total. The Balaban J connectivity index is 6.20. The third kappa shape index (κ3) is 20.4. The highest BCUT2D eigenvalue weighted by atomic mass is 16.4. The highest BCUT2D eigenvalue weighted by Crippen LogP contribution is 2.11. The fraction of sp³-hybridized carbons (Fsp3) is 0.706. The number of carboxylic acid groups (broad SMARTS) is 4. The van der Waals surface area contributed by atoms with E-state index in [1.54, 1.807) is 27.7 Å². The van der Waals surface area contributed by atoms with Crippen LogP contribution in [-0.4, -0.2) is 140 Å². The lowest BCUT2D eigenvalue weighted by atomic mass is 9.97. The van der Waals surface area contributed by atoms with Crippen molar-refractivity contribution < 1.29 is 73.5 Å². The van der Waals surface area contributed by atoms with E-state index in [0.29, 0.717) is 12.8 Å². The molecule has 0 aliphatic heterocycles. The Kier molecular flexibility index (Phi) is 23.9. The molecular formula is C34H58N8O15. The van der Waals surface area contributed by atoms with Gasteiger partial charge in [-0.1, -0.05) is 34.1 Å². The third-order valence-corrected chi connectivity index (χ3v) is 8.54. The van der Waals surface area contributed by atoms with Crippen LogP contribution in [0.25, 0.3) is 0 Å². The Morgan fingerprint density at radius 1 is 0.561 bits per heavy atom. The monoisotopic (exact) mass is 818 g/mol. The van der Waals surface area contributed by atoms with Gasteiger partial charge in [-0.05, 0) is 50.5 Å². The minimum absolute atomic E-state index is 0.102. The zero-order valence-corrected chi connectivity index (χ0v) is 32.4. The zero-order valence-electron chi connectivity index (χ0n) is 32.4. The quantitative estimate of drug-likeness (QED) is 0.0323. The lowest BCUT2D eigenvalue weighted by Crippen LogP contribution is -2.61. The van der Waals surface area contributed by atoms with Crippen LogP contribution in [0.5, 0.6) is 0 Å². The molecule has 6 amide bonds. The predicted molar refractivity (Wildman–Crippen MR) is 197 cm³/mol. The maximum Gasteiger partial charge on any atom is 0.326 e. The first kappa shape index (κ1) is 51.6. The van der Waals surface area contributed by atoms with E-state index in [1.807, 2.05) is 5.32 Å². The van der Waals surface area contributed by atoms with E-state index in [2.05, 4.69) is 26.6 Å². The van der Waals surface area contributed by atoms with Crippen molar-refractivity contribution in [1.29, 1.82) is 0 Å². The largest absolute Gasteiger partial charge is 0.481 e. The summed E-state index contributed by atoms with van der Waals surface area (Å²) in [7, 11) is 0. The summed E-state index contributed by atoms with van der Waals surface area (Å²) < 4.78 is 0. The Morgan fingerprint density at radius 2 is 1.04 bits per heavy atom. The molecule has 0 saturated carbocycles. The van der Waals surface area contributed by atoms with Gasteiger partial charge in [-0.3, -0.25) is 43.2 Å². The van der Waals surface area contributed by atoms with Gasteiger partial charge in [-0.15, -0.1) is 0 Å². The highest BCUT2D eigenvalue weighted by molar-refractivity contribution is 5.98. The Morgan fingerprint density at radius 3 is 1.53 bits per heavy atom. The number of nitrogens with two attached hydrogens (primary N) is 2. The summed E-state index contributed by atoms with van der Waals surface area (Å²) in [5, 5.41) is 60.4. The molecule has 0 aromatic rings. The molecule has 0 saturated heterocycles. The van der Waals surface area contributed by atoms with E-state index >= 15 is 0 Å². The van der Waals surface area contributed by atoms with E-state index in [0.717, 1.165) is 0 Å². The van der Waals surface area contributed by atoms with Gasteiger partial charge in [0, 0.05) is 6.42 Å². The highest BCUT2D eigenvalue weighted by Gasteiger charge is 2.35. The number of hydrogen-bond acceptors (Lipinski definition) is 13. The summed E-state index contributed by atoms with van der Waals surface area (Å²) in [6.45, 7) is 5.84. The predicted octanol–water partition coefficient (Wildman–Crippen LogP) is -3.67. The van der Waals surface area contributed by atoms with Crippen molar-refractivity contribution in [1.82, 2.24) is 31.9 Å². The summed E-state index contributed by atoms with van der Waals surface area (Å²) >= 11 is 0. The molecule has 8 atom stereocenters. The zero-order chi connectivity index (χ0) is 44.0. The maximum atomic E-state index is 13.6. The maximum absolute atomic E-state index is 13.6. The van der Waals surface area contributed by atoms with Gasteiger partial charge >= 0.3 is 23.9 Å². The van der Waals surface area contributed by atoms with Crippen LogP contribution in [0.15, 0.2) is 0 Å². The molecule has 0 spiro atoms. The number of unbranched alkanes of at least 4 members (excludes halogenated alkanes) is 1. The fourth-order valence-corrected chi connectivity index (χ4v) is 5.14. The second kappa shape index (κ2) is 26.4. The number of aliphatic hydroxyl groups is 1. The third-order valence-electron chi connectivity index (χ3n) is 8.54. The van der Waals surface area contributed by atoms with Crippen LogP contribution in [0.4, 0.5) is 0 Å². The number of hydrogen-bond donors (Lipinski definition) is 13. The average molecular weight is 819 g/mol. The molecule has 0 aromatic carbocycles.